The van der Waals surface area contributed by atoms with Crippen LogP contribution in [-0.2, 0) is 34.4 Å². The van der Waals surface area contributed by atoms with E-state index in [1.54, 1.807) is 0 Å². The van der Waals surface area contributed by atoms with Gasteiger partial charge in [-0.1, -0.05) is 68.8 Å². The summed E-state index contributed by atoms with van der Waals surface area (Å²) in [5.74, 6) is -0.961. The number of hydrogen-bond donors (Lipinski definition) is 1. The van der Waals surface area contributed by atoms with E-state index in [0.29, 0.717) is 27.1 Å². The van der Waals surface area contributed by atoms with E-state index in [1.807, 2.05) is 65.2 Å². The quantitative estimate of drug-likeness (QED) is 0.324. The Morgan fingerprint density at radius 1 is 1.03 bits per heavy atom. The first-order valence-corrected chi connectivity index (χ1v) is 12.3. The number of aliphatic carboxylic acids is 1. The molecule has 4 nitrogen and oxygen atoms in total. The van der Waals surface area contributed by atoms with E-state index in [-0.39, 0.29) is 11.8 Å². The molecule has 0 aliphatic rings. The highest BCUT2D eigenvalue weighted by atomic mass is 35.5. The van der Waals surface area contributed by atoms with E-state index >= 15 is 0 Å². The van der Waals surface area contributed by atoms with Gasteiger partial charge in [0.2, 0.25) is 0 Å². The zero-order valence-corrected chi connectivity index (χ0v) is 20.4. The number of nitrogens with zero attached hydrogens (tertiary/aromatic N) is 1. The van der Waals surface area contributed by atoms with Crippen LogP contribution in [0.15, 0.2) is 82.6 Å². The molecular formula is C27H26ClNO3S. The summed E-state index contributed by atoms with van der Waals surface area (Å²) in [5.41, 5.74) is 3.41. The van der Waals surface area contributed by atoms with E-state index in [4.69, 9.17) is 11.6 Å². The number of benzene rings is 3. The molecule has 4 aromatic rings. The largest absolute Gasteiger partial charge is 0.606 e. The first-order valence-electron chi connectivity index (χ1n) is 10.7. The van der Waals surface area contributed by atoms with Gasteiger partial charge in [0.25, 0.3) is 0 Å². The van der Waals surface area contributed by atoms with Gasteiger partial charge in [-0.15, -0.1) is 0 Å². The van der Waals surface area contributed by atoms with Crippen LogP contribution in [0.5, 0.6) is 0 Å². The minimum atomic E-state index is -1.53. The topological polar surface area (TPSA) is 65.3 Å². The van der Waals surface area contributed by atoms with E-state index < -0.39 is 17.1 Å². The third-order valence-corrected chi connectivity index (χ3v) is 7.48. The van der Waals surface area contributed by atoms with Crippen molar-refractivity contribution in [2.45, 2.75) is 48.9 Å². The molecule has 170 valence electrons. The highest BCUT2D eigenvalue weighted by Gasteiger charge is 2.30. The molecule has 0 aliphatic carbocycles. The average molecular weight is 480 g/mol. The lowest BCUT2D eigenvalue weighted by molar-refractivity contribution is -0.136. The number of rotatable bonds is 6. The lowest BCUT2D eigenvalue weighted by atomic mass is 9.86. The van der Waals surface area contributed by atoms with Crippen molar-refractivity contribution in [2.24, 2.45) is 0 Å². The molecule has 1 unspecified atom stereocenters. The summed E-state index contributed by atoms with van der Waals surface area (Å²) in [6.45, 7) is 6.84. The Balaban J connectivity index is 2.00. The standard InChI is InChI=1S/C27H26ClNO3S/c1-27(2,3)19-11-14-23-22(15-19)26(33(32)21-7-5-4-6-8-21)24(16-25(30)31)29(23)17-18-9-12-20(28)13-10-18/h4-15H,16-17H2,1-3H3,(H,30,31). The van der Waals surface area contributed by atoms with Crippen LogP contribution in [0.25, 0.3) is 10.9 Å². The molecule has 3 aromatic carbocycles. The molecule has 1 N–H and O–H groups in total. The van der Waals surface area contributed by atoms with Gasteiger partial charge < -0.3 is 14.2 Å². The molecular weight excluding hydrogens is 454 g/mol. The highest BCUT2D eigenvalue weighted by Crippen LogP contribution is 2.37. The van der Waals surface area contributed by atoms with Gasteiger partial charge in [-0.3, -0.25) is 4.79 Å². The summed E-state index contributed by atoms with van der Waals surface area (Å²) in [6, 6.07) is 22.8. The third kappa shape index (κ3) is 4.96. The van der Waals surface area contributed by atoms with Crippen molar-refractivity contribution in [3.63, 3.8) is 0 Å². The lowest BCUT2D eigenvalue weighted by Gasteiger charge is -2.19. The first kappa shape index (κ1) is 23.4. The van der Waals surface area contributed by atoms with Crippen LogP contribution < -0.4 is 0 Å². The monoisotopic (exact) mass is 479 g/mol. The molecule has 0 radical (unpaired) electrons. The number of carbonyl (C=O) groups is 1. The Labute approximate surface area is 202 Å². The number of halogens is 1. The molecule has 33 heavy (non-hydrogen) atoms. The van der Waals surface area contributed by atoms with Gasteiger partial charge in [0.05, 0.1) is 23.0 Å². The SMILES string of the molecule is CC(C)(C)c1ccc2c(c1)c([S+]([O-])c1ccccc1)c(CC(=O)O)n2Cc1ccc(Cl)cc1. The Bertz CT molecular complexity index is 1290. The van der Waals surface area contributed by atoms with Crippen molar-refractivity contribution in [3.8, 4) is 0 Å². The molecule has 4 rings (SSSR count). The number of hydrogen-bond acceptors (Lipinski definition) is 2. The summed E-state index contributed by atoms with van der Waals surface area (Å²) in [6.07, 6.45) is -0.221. The van der Waals surface area contributed by atoms with Crippen molar-refractivity contribution >= 4 is 39.6 Å². The van der Waals surface area contributed by atoms with Gasteiger partial charge in [-0.2, -0.15) is 0 Å². The molecule has 0 saturated carbocycles. The van der Waals surface area contributed by atoms with Gasteiger partial charge >= 0.3 is 5.97 Å². The van der Waals surface area contributed by atoms with Crippen molar-refractivity contribution in [1.29, 1.82) is 0 Å². The van der Waals surface area contributed by atoms with Gasteiger partial charge in [-0.25, -0.2) is 0 Å². The molecule has 0 fully saturated rings. The predicted molar refractivity (Wildman–Crippen MR) is 134 cm³/mol. The molecule has 6 heteroatoms. The third-order valence-electron chi connectivity index (χ3n) is 5.70. The lowest BCUT2D eigenvalue weighted by Crippen LogP contribution is -2.13. The second-order valence-corrected chi connectivity index (χ2v) is 11.0. The van der Waals surface area contributed by atoms with E-state index in [0.717, 1.165) is 22.0 Å². The Hall–Kier alpha value is -2.73. The number of fused-ring (bicyclic) bond motifs is 1. The van der Waals surface area contributed by atoms with Crippen molar-refractivity contribution < 1.29 is 14.5 Å². The maximum atomic E-state index is 13.8. The van der Waals surface area contributed by atoms with Crippen LogP contribution in [0.4, 0.5) is 0 Å². The van der Waals surface area contributed by atoms with Crippen LogP contribution >= 0.6 is 11.6 Å². The zero-order valence-electron chi connectivity index (χ0n) is 18.8. The number of carboxylic acids is 1. The van der Waals surface area contributed by atoms with Gasteiger partial charge in [0, 0.05) is 22.7 Å². The molecule has 1 atom stereocenters. The summed E-state index contributed by atoms with van der Waals surface area (Å²) in [4.78, 5) is 13.1. The van der Waals surface area contributed by atoms with Crippen LogP contribution in [0, 0.1) is 0 Å². The summed E-state index contributed by atoms with van der Waals surface area (Å²) in [7, 11) is 0. The van der Waals surface area contributed by atoms with Crippen molar-refractivity contribution in [1.82, 2.24) is 4.57 Å². The molecule has 0 bridgehead atoms. The van der Waals surface area contributed by atoms with Gasteiger partial charge in [-0.05, 0) is 52.9 Å². The van der Waals surface area contributed by atoms with Gasteiger partial charge in [0.15, 0.2) is 9.79 Å². The normalized spacial score (nSPS) is 12.8. The van der Waals surface area contributed by atoms with E-state index in [1.165, 1.54) is 0 Å². The van der Waals surface area contributed by atoms with Crippen LogP contribution in [0.3, 0.4) is 0 Å². The smallest absolute Gasteiger partial charge is 0.309 e. The maximum Gasteiger partial charge on any atom is 0.309 e. The molecule has 1 aromatic heterocycles. The highest BCUT2D eigenvalue weighted by molar-refractivity contribution is 7.91. The zero-order chi connectivity index (χ0) is 23.8. The second kappa shape index (κ2) is 9.26. The Kier molecular flexibility index (Phi) is 6.57. The van der Waals surface area contributed by atoms with Crippen LogP contribution in [0.1, 0.15) is 37.6 Å². The fourth-order valence-corrected chi connectivity index (χ4v) is 5.51. The van der Waals surface area contributed by atoms with E-state index in [9.17, 15) is 14.5 Å². The summed E-state index contributed by atoms with van der Waals surface area (Å²) < 4.78 is 15.8. The first-order chi connectivity index (χ1) is 15.6. The maximum absolute atomic E-state index is 13.8. The number of carboxylic acid groups (broad SMARTS) is 1. The number of aromatic nitrogens is 1. The minimum absolute atomic E-state index is 0.106. The molecule has 0 spiro atoms. The molecule has 0 saturated heterocycles. The van der Waals surface area contributed by atoms with Gasteiger partial charge in [0.1, 0.15) is 0 Å². The molecule has 0 amide bonds. The predicted octanol–water partition coefficient (Wildman–Crippen LogP) is 6.43. The Morgan fingerprint density at radius 2 is 1.70 bits per heavy atom. The second-order valence-electron chi connectivity index (χ2n) is 9.12. The average Bonchev–Trinajstić information content (AvgIpc) is 3.06. The molecule has 1 heterocycles. The summed E-state index contributed by atoms with van der Waals surface area (Å²) in [5, 5.41) is 11.2. The van der Waals surface area contributed by atoms with Crippen molar-refractivity contribution in [3.05, 3.63) is 94.6 Å². The van der Waals surface area contributed by atoms with E-state index in [2.05, 4.69) is 32.9 Å². The minimum Gasteiger partial charge on any atom is -0.606 e. The summed E-state index contributed by atoms with van der Waals surface area (Å²) >= 11 is 4.53. The molecule has 0 aliphatic heterocycles. The van der Waals surface area contributed by atoms with Crippen molar-refractivity contribution in [2.75, 3.05) is 0 Å². The fourth-order valence-electron chi connectivity index (χ4n) is 3.98. The Morgan fingerprint density at radius 3 is 2.30 bits per heavy atom. The van der Waals surface area contributed by atoms with Crippen LogP contribution in [0.2, 0.25) is 5.02 Å². The fraction of sp³-hybridized carbons (Fsp3) is 0.222. The van der Waals surface area contributed by atoms with Crippen LogP contribution in [-0.4, -0.2) is 20.2 Å².